The highest BCUT2D eigenvalue weighted by Gasteiger charge is 2.56. The van der Waals surface area contributed by atoms with Crippen LogP contribution in [-0.2, 0) is 0 Å². The summed E-state index contributed by atoms with van der Waals surface area (Å²) >= 11 is 0. The molecule has 0 spiro atoms. The summed E-state index contributed by atoms with van der Waals surface area (Å²) in [7, 11) is 0. The van der Waals surface area contributed by atoms with Crippen LogP contribution in [0.1, 0.15) is 45.4 Å². The smallest absolute Gasteiger partial charge is 0.0860 e. The zero-order valence-electron chi connectivity index (χ0n) is 8.21. The van der Waals surface area contributed by atoms with Gasteiger partial charge < -0.3 is 5.11 Å². The standard InChI is InChI=1S/C11H17NO/c1-10(13,9-4-5-9)11(8-12)6-2-3-7-11/h9,13H,2-7H2,1H3. The first-order chi connectivity index (χ1) is 6.12. The summed E-state index contributed by atoms with van der Waals surface area (Å²) in [5.74, 6) is 0.394. The summed E-state index contributed by atoms with van der Waals surface area (Å²) in [4.78, 5) is 0. The Bertz CT molecular complexity index is 241. The molecule has 2 nitrogen and oxygen atoms in total. The van der Waals surface area contributed by atoms with Gasteiger partial charge in [-0.2, -0.15) is 5.26 Å². The van der Waals surface area contributed by atoms with Gasteiger partial charge in [0, 0.05) is 0 Å². The molecule has 0 aromatic rings. The van der Waals surface area contributed by atoms with Crippen LogP contribution in [0, 0.1) is 22.7 Å². The number of aliphatic hydroxyl groups is 1. The topological polar surface area (TPSA) is 44.0 Å². The second kappa shape index (κ2) is 2.72. The van der Waals surface area contributed by atoms with Gasteiger partial charge in [0.1, 0.15) is 0 Å². The highest BCUT2D eigenvalue weighted by Crippen LogP contribution is 2.55. The second-order valence-corrected chi connectivity index (χ2v) is 4.82. The van der Waals surface area contributed by atoms with E-state index in [1.54, 1.807) is 0 Å². The van der Waals surface area contributed by atoms with Crippen LogP contribution in [0.3, 0.4) is 0 Å². The Kier molecular flexibility index (Phi) is 1.89. The molecule has 0 radical (unpaired) electrons. The Labute approximate surface area is 79.6 Å². The van der Waals surface area contributed by atoms with Gasteiger partial charge in [-0.1, -0.05) is 12.8 Å². The van der Waals surface area contributed by atoms with Crippen molar-refractivity contribution < 1.29 is 5.11 Å². The van der Waals surface area contributed by atoms with E-state index in [4.69, 9.17) is 0 Å². The number of rotatable bonds is 2. The van der Waals surface area contributed by atoms with Gasteiger partial charge in [0.25, 0.3) is 0 Å². The van der Waals surface area contributed by atoms with Gasteiger partial charge in [-0.05, 0) is 38.5 Å². The quantitative estimate of drug-likeness (QED) is 0.706. The highest BCUT2D eigenvalue weighted by atomic mass is 16.3. The molecular formula is C11H17NO. The summed E-state index contributed by atoms with van der Waals surface area (Å²) in [6.45, 7) is 1.87. The Balaban J connectivity index is 2.24. The molecule has 0 aromatic heterocycles. The van der Waals surface area contributed by atoms with Gasteiger partial charge in [0.2, 0.25) is 0 Å². The van der Waals surface area contributed by atoms with Crippen LogP contribution in [0.5, 0.6) is 0 Å². The molecule has 0 bridgehead atoms. The summed E-state index contributed by atoms with van der Waals surface area (Å²) < 4.78 is 0. The monoisotopic (exact) mass is 179 g/mol. The van der Waals surface area contributed by atoms with Crippen LogP contribution in [0.4, 0.5) is 0 Å². The molecule has 2 heteroatoms. The van der Waals surface area contributed by atoms with E-state index >= 15 is 0 Å². The van der Waals surface area contributed by atoms with E-state index in [1.807, 2.05) is 6.92 Å². The molecule has 13 heavy (non-hydrogen) atoms. The average Bonchev–Trinajstić information content (AvgIpc) is 2.84. The third-order valence-corrected chi connectivity index (χ3v) is 4.01. The van der Waals surface area contributed by atoms with Crippen molar-refractivity contribution in [3.8, 4) is 6.07 Å². The van der Waals surface area contributed by atoms with Crippen molar-refractivity contribution in [1.29, 1.82) is 5.26 Å². The number of nitriles is 1. The molecule has 2 saturated carbocycles. The van der Waals surface area contributed by atoms with E-state index in [9.17, 15) is 10.4 Å². The maximum atomic E-state index is 10.4. The van der Waals surface area contributed by atoms with Gasteiger partial charge >= 0.3 is 0 Å². The molecule has 1 unspecified atom stereocenters. The molecule has 1 N–H and O–H groups in total. The van der Waals surface area contributed by atoms with Crippen LogP contribution in [0.15, 0.2) is 0 Å². The van der Waals surface area contributed by atoms with Crippen molar-refractivity contribution in [2.45, 2.75) is 51.0 Å². The molecule has 2 rings (SSSR count). The minimum atomic E-state index is -0.724. The van der Waals surface area contributed by atoms with Crippen LogP contribution in [0.2, 0.25) is 0 Å². The molecule has 0 aromatic carbocycles. The average molecular weight is 179 g/mol. The predicted octanol–water partition coefficient (Wildman–Crippen LogP) is 2.23. The molecule has 2 aliphatic rings. The second-order valence-electron chi connectivity index (χ2n) is 4.82. The Morgan fingerprint density at radius 2 is 1.92 bits per heavy atom. The first-order valence-electron chi connectivity index (χ1n) is 5.26. The number of nitrogens with zero attached hydrogens (tertiary/aromatic N) is 1. The zero-order chi connectivity index (χ0) is 9.53. The third-order valence-electron chi connectivity index (χ3n) is 4.01. The Morgan fingerprint density at radius 1 is 1.38 bits per heavy atom. The zero-order valence-corrected chi connectivity index (χ0v) is 8.21. The normalized spacial score (nSPS) is 30.8. The van der Waals surface area contributed by atoms with Crippen molar-refractivity contribution >= 4 is 0 Å². The van der Waals surface area contributed by atoms with Crippen molar-refractivity contribution in [3.05, 3.63) is 0 Å². The van der Waals surface area contributed by atoms with Crippen LogP contribution >= 0.6 is 0 Å². The van der Waals surface area contributed by atoms with Crippen LogP contribution in [0.25, 0.3) is 0 Å². The fourth-order valence-corrected chi connectivity index (χ4v) is 2.75. The van der Waals surface area contributed by atoms with Gasteiger partial charge in [0.05, 0.1) is 17.1 Å². The third kappa shape index (κ3) is 1.18. The van der Waals surface area contributed by atoms with E-state index in [2.05, 4.69) is 6.07 Å². The summed E-state index contributed by atoms with van der Waals surface area (Å²) in [5, 5.41) is 19.6. The van der Waals surface area contributed by atoms with E-state index in [-0.39, 0.29) is 0 Å². The van der Waals surface area contributed by atoms with Gasteiger partial charge in [0.15, 0.2) is 0 Å². The molecular weight excluding hydrogens is 162 g/mol. The largest absolute Gasteiger partial charge is 0.388 e. The van der Waals surface area contributed by atoms with Crippen molar-refractivity contribution in [2.75, 3.05) is 0 Å². The van der Waals surface area contributed by atoms with Crippen LogP contribution < -0.4 is 0 Å². The van der Waals surface area contributed by atoms with E-state index in [1.165, 1.54) is 0 Å². The minimum Gasteiger partial charge on any atom is -0.388 e. The SMILES string of the molecule is CC(O)(C1CC1)C1(C#N)CCCC1. The lowest BCUT2D eigenvalue weighted by atomic mass is 9.70. The summed E-state index contributed by atoms with van der Waals surface area (Å²) in [6, 6.07) is 2.39. The lowest BCUT2D eigenvalue weighted by Gasteiger charge is -2.37. The fourth-order valence-electron chi connectivity index (χ4n) is 2.75. The first kappa shape index (κ1) is 9.02. The minimum absolute atomic E-state index is 0.394. The van der Waals surface area contributed by atoms with Crippen molar-refractivity contribution in [1.82, 2.24) is 0 Å². The summed E-state index contributed by atoms with van der Waals surface area (Å²) in [6.07, 6.45) is 6.22. The number of hydrogen-bond donors (Lipinski definition) is 1. The van der Waals surface area contributed by atoms with E-state index in [0.717, 1.165) is 38.5 Å². The highest BCUT2D eigenvalue weighted by molar-refractivity contribution is 5.16. The fraction of sp³-hybridized carbons (Fsp3) is 0.909. The molecule has 0 heterocycles. The molecule has 1 atom stereocenters. The Morgan fingerprint density at radius 3 is 2.31 bits per heavy atom. The summed E-state index contributed by atoms with van der Waals surface area (Å²) in [5.41, 5.74) is -1.15. The first-order valence-corrected chi connectivity index (χ1v) is 5.26. The van der Waals surface area contributed by atoms with Crippen molar-refractivity contribution in [2.24, 2.45) is 11.3 Å². The van der Waals surface area contributed by atoms with E-state index < -0.39 is 11.0 Å². The number of hydrogen-bond acceptors (Lipinski definition) is 2. The molecule has 0 amide bonds. The molecule has 2 fully saturated rings. The predicted molar refractivity (Wildman–Crippen MR) is 49.9 cm³/mol. The van der Waals surface area contributed by atoms with Crippen molar-refractivity contribution in [3.63, 3.8) is 0 Å². The molecule has 0 aliphatic heterocycles. The maximum Gasteiger partial charge on any atom is 0.0860 e. The molecule has 0 saturated heterocycles. The lowest BCUT2D eigenvalue weighted by molar-refractivity contribution is -0.0556. The van der Waals surface area contributed by atoms with E-state index in [0.29, 0.717) is 5.92 Å². The molecule has 72 valence electrons. The van der Waals surface area contributed by atoms with Gasteiger partial charge in [-0.15, -0.1) is 0 Å². The van der Waals surface area contributed by atoms with Gasteiger partial charge in [-0.3, -0.25) is 0 Å². The Hall–Kier alpha value is -0.550. The molecule has 2 aliphatic carbocycles. The lowest BCUT2D eigenvalue weighted by Crippen LogP contribution is -2.45. The maximum absolute atomic E-state index is 10.4. The van der Waals surface area contributed by atoms with Crippen LogP contribution in [-0.4, -0.2) is 10.7 Å². The van der Waals surface area contributed by atoms with Gasteiger partial charge in [-0.25, -0.2) is 0 Å².